The molecule has 0 heterocycles. The van der Waals surface area contributed by atoms with E-state index in [0.717, 1.165) is 5.57 Å². The van der Waals surface area contributed by atoms with Crippen molar-refractivity contribution in [2.75, 3.05) is 26.7 Å². The zero-order chi connectivity index (χ0) is 12.7. The van der Waals surface area contributed by atoms with Crippen molar-refractivity contribution in [1.29, 1.82) is 0 Å². The van der Waals surface area contributed by atoms with E-state index in [2.05, 4.69) is 6.58 Å². The first kappa shape index (κ1) is 14.5. The average molecular weight is 228 g/mol. The number of aliphatic carboxylic acids is 1. The molecule has 0 aliphatic carbocycles. The van der Waals surface area contributed by atoms with Gasteiger partial charge in [0.1, 0.15) is 0 Å². The molecule has 1 N–H and O–H groups in total. The predicted molar refractivity (Wildman–Crippen MR) is 62.3 cm³/mol. The molecule has 0 bridgehead atoms. The van der Waals surface area contributed by atoms with Gasteiger partial charge in [-0.3, -0.25) is 4.79 Å². The van der Waals surface area contributed by atoms with Crippen LogP contribution in [0.5, 0.6) is 0 Å². The van der Waals surface area contributed by atoms with Gasteiger partial charge in [0.15, 0.2) is 0 Å². The number of carbonyl (C=O) groups is 2. The number of hydrogen-bond donors (Lipinski definition) is 1. The zero-order valence-corrected chi connectivity index (χ0v) is 10.2. The molecular formula is C11H20N2O3. The van der Waals surface area contributed by atoms with E-state index in [1.54, 1.807) is 11.9 Å². The van der Waals surface area contributed by atoms with E-state index in [4.69, 9.17) is 5.11 Å². The minimum atomic E-state index is -0.900. The third kappa shape index (κ3) is 5.38. The van der Waals surface area contributed by atoms with Crippen LogP contribution in [-0.4, -0.2) is 53.6 Å². The van der Waals surface area contributed by atoms with Crippen molar-refractivity contribution >= 4 is 12.0 Å². The van der Waals surface area contributed by atoms with Crippen molar-refractivity contribution in [3.05, 3.63) is 12.2 Å². The summed E-state index contributed by atoms with van der Waals surface area (Å²) >= 11 is 0. The molecule has 5 nitrogen and oxygen atoms in total. The second-order valence-electron chi connectivity index (χ2n) is 3.82. The smallest absolute Gasteiger partial charge is 0.320 e. The molecule has 2 amide bonds. The Balaban J connectivity index is 4.26. The monoisotopic (exact) mass is 228 g/mol. The van der Waals surface area contributed by atoms with Gasteiger partial charge in [0.25, 0.3) is 0 Å². The van der Waals surface area contributed by atoms with E-state index in [1.807, 2.05) is 13.8 Å². The number of amides is 2. The van der Waals surface area contributed by atoms with E-state index in [1.165, 1.54) is 4.90 Å². The highest BCUT2D eigenvalue weighted by Crippen LogP contribution is 2.01. The fourth-order valence-electron chi connectivity index (χ4n) is 1.24. The van der Waals surface area contributed by atoms with Crippen LogP contribution in [0, 0.1) is 0 Å². The summed E-state index contributed by atoms with van der Waals surface area (Å²) in [5.74, 6) is -0.900. The van der Waals surface area contributed by atoms with Gasteiger partial charge < -0.3 is 14.9 Å². The van der Waals surface area contributed by atoms with Gasteiger partial charge in [0.05, 0.1) is 6.42 Å². The first-order valence-corrected chi connectivity index (χ1v) is 5.24. The number of carbonyl (C=O) groups excluding carboxylic acids is 1. The topological polar surface area (TPSA) is 60.9 Å². The molecule has 0 saturated heterocycles. The van der Waals surface area contributed by atoms with Crippen LogP contribution in [0.1, 0.15) is 20.3 Å². The highest BCUT2D eigenvalue weighted by atomic mass is 16.4. The molecule has 0 saturated carbocycles. The van der Waals surface area contributed by atoms with Crippen LogP contribution in [0.2, 0.25) is 0 Å². The van der Waals surface area contributed by atoms with Gasteiger partial charge in [0, 0.05) is 26.7 Å². The van der Waals surface area contributed by atoms with Crippen LogP contribution >= 0.6 is 0 Å². The van der Waals surface area contributed by atoms with Crippen LogP contribution in [-0.2, 0) is 4.79 Å². The van der Waals surface area contributed by atoms with Crippen molar-refractivity contribution in [2.45, 2.75) is 20.3 Å². The van der Waals surface area contributed by atoms with Crippen LogP contribution in [0.15, 0.2) is 12.2 Å². The van der Waals surface area contributed by atoms with Gasteiger partial charge in [-0.1, -0.05) is 12.2 Å². The van der Waals surface area contributed by atoms with Gasteiger partial charge in [-0.2, -0.15) is 0 Å². The quantitative estimate of drug-likeness (QED) is 0.699. The first-order valence-electron chi connectivity index (χ1n) is 5.24. The normalized spacial score (nSPS) is 9.69. The predicted octanol–water partition coefficient (Wildman–Crippen LogP) is 1.41. The van der Waals surface area contributed by atoms with E-state index >= 15 is 0 Å². The Morgan fingerprint density at radius 3 is 2.31 bits per heavy atom. The summed E-state index contributed by atoms with van der Waals surface area (Å²) in [6, 6.07) is -0.160. The van der Waals surface area contributed by atoms with E-state index in [9.17, 15) is 9.59 Å². The Bertz CT molecular complexity index is 276. The minimum absolute atomic E-state index is 0.0349. The highest BCUT2D eigenvalue weighted by Gasteiger charge is 2.16. The molecule has 0 spiro atoms. The third-order valence-electron chi connectivity index (χ3n) is 2.10. The Morgan fingerprint density at radius 2 is 1.94 bits per heavy atom. The molecule has 92 valence electrons. The van der Waals surface area contributed by atoms with Crippen molar-refractivity contribution in [3.8, 4) is 0 Å². The lowest BCUT2D eigenvalue weighted by Gasteiger charge is -2.27. The van der Waals surface area contributed by atoms with Gasteiger partial charge in [-0.15, -0.1) is 0 Å². The van der Waals surface area contributed by atoms with Crippen LogP contribution in [0.25, 0.3) is 0 Å². The number of urea groups is 1. The summed E-state index contributed by atoms with van der Waals surface area (Å²) in [5, 5.41) is 8.52. The maximum absolute atomic E-state index is 11.8. The summed E-state index contributed by atoms with van der Waals surface area (Å²) in [5.41, 5.74) is 0.904. The highest BCUT2D eigenvalue weighted by molar-refractivity contribution is 5.75. The lowest BCUT2D eigenvalue weighted by atomic mass is 10.3. The Hall–Kier alpha value is -1.52. The molecule has 0 fully saturated rings. The van der Waals surface area contributed by atoms with Crippen molar-refractivity contribution in [3.63, 3.8) is 0 Å². The summed E-state index contributed by atoms with van der Waals surface area (Å²) in [6.07, 6.45) is -0.0349. The molecule has 0 aromatic rings. The molecular weight excluding hydrogens is 208 g/mol. The maximum Gasteiger partial charge on any atom is 0.320 e. The second-order valence-corrected chi connectivity index (χ2v) is 3.82. The van der Waals surface area contributed by atoms with Crippen molar-refractivity contribution < 1.29 is 14.7 Å². The molecule has 0 atom stereocenters. The SMILES string of the molecule is C=C(C)CN(CC)C(=O)N(C)CCC(=O)O. The average Bonchev–Trinajstić information content (AvgIpc) is 2.21. The first-order chi connectivity index (χ1) is 7.38. The number of carboxylic acids is 1. The minimum Gasteiger partial charge on any atom is -0.481 e. The number of nitrogens with zero attached hydrogens (tertiary/aromatic N) is 2. The Morgan fingerprint density at radius 1 is 1.38 bits per heavy atom. The second kappa shape index (κ2) is 6.87. The Kier molecular flexibility index (Phi) is 6.22. The van der Waals surface area contributed by atoms with Crippen LogP contribution in [0.3, 0.4) is 0 Å². The molecule has 0 aromatic carbocycles. The van der Waals surface area contributed by atoms with Gasteiger partial charge in [-0.05, 0) is 13.8 Å². The molecule has 0 rings (SSSR count). The Labute approximate surface area is 96.3 Å². The fraction of sp³-hybridized carbons (Fsp3) is 0.636. The number of carboxylic acid groups (broad SMARTS) is 1. The molecule has 0 aromatic heterocycles. The van der Waals surface area contributed by atoms with Crippen molar-refractivity contribution in [1.82, 2.24) is 9.80 Å². The van der Waals surface area contributed by atoms with Crippen LogP contribution in [0.4, 0.5) is 4.79 Å². The fourth-order valence-corrected chi connectivity index (χ4v) is 1.24. The molecule has 0 radical (unpaired) electrons. The summed E-state index contributed by atoms with van der Waals surface area (Å²) in [7, 11) is 1.60. The molecule has 16 heavy (non-hydrogen) atoms. The van der Waals surface area contributed by atoms with Gasteiger partial charge >= 0.3 is 12.0 Å². The van der Waals surface area contributed by atoms with Gasteiger partial charge in [-0.25, -0.2) is 4.79 Å². The largest absolute Gasteiger partial charge is 0.481 e. The van der Waals surface area contributed by atoms with Gasteiger partial charge in [0.2, 0.25) is 0 Å². The summed E-state index contributed by atoms with van der Waals surface area (Å²) in [4.78, 5) is 25.3. The summed E-state index contributed by atoms with van der Waals surface area (Å²) in [6.45, 7) is 8.80. The third-order valence-corrected chi connectivity index (χ3v) is 2.10. The molecule has 0 unspecified atom stereocenters. The molecule has 5 heteroatoms. The standard InChI is InChI=1S/C11H20N2O3/c1-5-13(8-9(2)3)11(16)12(4)7-6-10(14)15/h2,5-8H2,1,3-4H3,(H,14,15). The molecule has 0 aliphatic heterocycles. The lowest BCUT2D eigenvalue weighted by molar-refractivity contribution is -0.137. The number of hydrogen-bond acceptors (Lipinski definition) is 2. The number of rotatable bonds is 6. The van der Waals surface area contributed by atoms with E-state index < -0.39 is 5.97 Å². The zero-order valence-electron chi connectivity index (χ0n) is 10.2. The molecule has 0 aliphatic rings. The number of likely N-dealkylation sites (N-methyl/N-ethyl adjacent to an activating group) is 1. The van der Waals surface area contributed by atoms with Crippen LogP contribution < -0.4 is 0 Å². The lowest BCUT2D eigenvalue weighted by Crippen LogP contribution is -2.42. The van der Waals surface area contributed by atoms with E-state index in [-0.39, 0.29) is 19.0 Å². The summed E-state index contributed by atoms with van der Waals surface area (Å²) < 4.78 is 0. The maximum atomic E-state index is 11.8. The van der Waals surface area contributed by atoms with Crippen molar-refractivity contribution in [2.24, 2.45) is 0 Å². The van der Waals surface area contributed by atoms with E-state index in [0.29, 0.717) is 13.1 Å².